The number of rotatable bonds is 3. The molecule has 1 fully saturated rings. The Kier molecular flexibility index (Phi) is 3.62. The van der Waals surface area contributed by atoms with Crippen molar-refractivity contribution in [1.82, 2.24) is 9.97 Å². The maximum absolute atomic E-state index is 13.7. The van der Waals surface area contributed by atoms with Gasteiger partial charge in [-0.1, -0.05) is 12.1 Å². The summed E-state index contributed by atoms with van der Waals surface area (Å²) in [5, 5.41) is 3.10. The Balaban J connectivity index is 2.12. The van der Waals surface area contributed by atoms with E-state index in [2.05, 4.69) is 37.9 Å². The molecule has 1 saturated carbocycles. The van der Waals surface area contributed by atoms with E-state index in [0.717, 1.165) is 20.6 Å². The Labute approximate surface area is 131 Å². The van der Waals surface area contributed by atoms with Gasteiger partial charge in [-0.15, -0.1) is 0 Å². The van der Waals surface area contributed by atoms with Crippen molar-refractivity contribution in [1.29, 1.82) is 0 Å². The first-order chi connectivity index (χ1) is 9.60. The van der Waals surface area contributed by atoms with Gasteiger partial charge in [0.25, 0.3) is 0 Å². The van der Waals surface area contributed by atoms with Crippen LogP contribution in [-0.2, 0) is 0 Å². The number of nitrogens with zero attached hydrogens (tertiary/aromatic N) is 2. The monoisotopic (exact) mass is 383 g/mol. The number of nitrogens with one attached hydrogen (secondary N) is 1. The Morgan fingerprint density at radius 1 is 1.30 bits per heavy atom. The molecule has 0 saturated heterocycles. The predicted molar refractivity (Wildman–Crippen MR) is 86.4 cm³/mol. The molecule has 5 heteroatoms. The molecule has 3 rings (SSSR count). The molecule has 1 aromatic carbocycles. The molecule has 20 heavy (non-hydrogen) atoms. The van der Waals surface area contributed by atoms with Gasteiger partial charge in [0.05, 0.1) is 9.26 Å². The van der Waals surface area contributed by atoms with Crippen LogP contribution in [0.1, 0.15) is 30.0 Å². The fraction of sp³-hybridized carbons (Fsp3) is 0.333. The molecule has 1 aliphatic carbocycles. The molecular weight excluding hydrogens is 368 g/mol. The van der Waals surface area contributed by atoms with Crippen LogP contribution in [0.25, 0.3) is 11.4 Å². The molecule has 0 bridgehead atoms. The first-order valence-electron chi connectivity index (χ1n) is 6.62. The number of benzene rings is 1. The average molecular weight is 383 g/mol. The standard InChI is InChI=1S/C15H15FIN3/c1-8-3-4-10(7-11(8)16)14-19-13(9-5-6-9)12(17)15(18-2)20-14/h3-4,7,9H,5-6H2,1-2H3,(H,18,19,20). The average Bonchev–Trinajstić information content (AvgIpc) is 3.27. The summed E-state index contributed by atoms with van der Waals surface area (Å²) in [6.45, 7) is 1.75. The van der Waals surface area contributed by atoms with Crippen LogP contribution >= 0.6 is 22.6 Å². The van der Waals surface area contributed by atoms with Crippen LogP contribution in [0, 0.1) is 16.3 Å². The molecule has 0 atom stereocenters. The van der Waals surface area contributed by atoms with Gasteiger partial charge < -0.3 is 5.32 Å². The number of anilines is 1. The molecule has 104 valence electrons. The van der Waals surface area contributed by atoms with Crippen molar-refractivity contribution in [2.45, 2.75) is 25.7 Å². The molecule has 1 N–H and O–H groups in total. The molecular formula is C15H15FIN3. The Morgan fingerprint density at radius 3 is 2.65 bits per heavy atom. The van der Waals surface area contributed by atoms with Crippen molar-refractivity contribution in [3.05, 3.63) is 38.8 Å². The lowest BCUT2D eigenvalue weighted by Crippen LogP contribution is -2.05. The zero-order valence-electron chi connectivity index (χ0n) is 11.4. The van der Waals surface area contributed by atoms with E-state index in [1.165, 1.54) is 18.9 Å². The van der Waals surface area contributed by atoms with Crippen LogP contribution in [0.15, 0.2) is 18.2 Å². The molecule has 0 spiro atoms. The third kappa shape index (κ3) is 2.51. The van der Waals surface area contributed by atoms with Gasteiger partial charge in [0, 0.05) is 18.5 Å². The second-order valence-electron chi connectivity index (χ2n) is 5.08. The third-order valence-electron chi connectivity index (χ3n) is 3.51. The fourth-order valence-electron chi connectivity index (χ4n) is 2.12. The molecule has 0 amide bonds. The summed E-state index contributed by atoms with van der Waals surface area (Å²) in [6, 6.07) is 5.15. The van der Waals surface area contributed by atoms with E-state index in [1.54, 1.807) is 13.0 Å². The summed E-state index contributed by atoms with van der Waals surface area (Å²) in [6.07, 6.45) is 2.36. The van der Waals surface area contributed by atoms with Gasteiger partial charge in [-0.2, -0.15) is 0 Å². The number of halogens is 2. The highest BCUT2D eigenvalue weighted by Gasteiger charge is 2.29. The number of hydrogen-bond donors (Lipinski definition) is 1. The van der Waals surface area contributed by atoms with Crippen LogP contribution in [0.5, 0.6) is 0 Å². The van der Waals surface area contributed by atoms with E-state index in [1.807, 2.05) is 13.1 Å². The lowest BCUT2D eigenvalue weighted by Gasteiger charge is -2.11. The maximum Gasteiger partial charge on any atom is 0.161 e. The quantitative estimate of drug-likeness (QED) is 0.811. The first kappa shape index (κ1) is 13.7. The minimum Gasteiger partial charge on any atom is -0.372 e. The van der Waals surface area contributed by atoms with Crippen LogP contribution in [0.3, 0.4) is 0 Å². The largest absolute Gasteiger partial charge is 0.372 e. The van der Waals surface area contributed by atoms with Crippen molar-refractivity contribution < 1.29 is 4.39 Å². The minimum atomic E-state index is -0.219. The van der Waals surface area contributed by atoms with Crippen molar-refractivity contribution in [3.8, 4) is 11.4 Å². The summed E-state index contributed by atoms with van der Waals surface area (Å²) >= 11 is 2.28. The van der Waals surface area contributed by atoms with Crippen LogP contribution in [0.4, 0.5) is 10.2 Å². The molecule has 1 aliphatic rings. The second kappa shape index (κ2) is 5.27. The number of hydrogen-bond acceptors (Lipinski definition) is 3. The van der Waals surface area contributed by atoms with Crippen LogP contribution in [0.2, 0.25) is 0 Å². The summed E-state index contributed by atoms with van der Waals surface area (Å²) in [4.78, 5) is 9.16. The van der Waals surface area contributed by atoms with E-state index >= 15 is 0 Å². The molecule has 1 heterocycles. The fourth-order valence-corrected chi connectivity index (χ4v) is 3.07. The third-order valence-corrected chi connectivity index (χ3v) is 4.57. The van der Waals surface area contributed by atoms with Crippen molar-refractivity contribution >= 4 is 28.4 Å². The summed E-state index contributed by atoms with van der Waals surface area (Å²) in [7, 11) is 1.85. The Hall–Kier alpha value is -1.24. The number of aryl methyl sites for hydroxylation is 1. The van der Waals surface area contributed by atoms with Crippen LogP contribution < -0.4 is 5.32 Å². The maximum atomic E-state index is 13.7. The normalized spacial score (nSPS) is 14.4. The summed E-state index contributed by atoms with van der Waals surface area (Å²) in [5.74, 6) is 1.73. The van der Waals surface area contributed by atoms with Gasteiger partial charge in [-0.25, -0.2) is 14.4 Å². The summed E-state index contributed by atoms with van der Waals surface area (Å²) < 4.78 is 14.8. The smallest absolute Gasteiger partial charge is 0.161 e. The van der Waals surface area contributed by atoms with Crippen molar-refractivity contribution in [3.63, 3.8) is 0 Å². The zero-order chi connectivity index (χ0) is 14.3. The van der Waals surface area contributed by atoms with Crippen molar-refractivity contribution in [2.75, 3.05) is 12.4 Å². The van der Waals surface area contributed by atoms with E-state index in [0.29, 0.717) is 17.3 Å². The second-order valence-corrected chi connectivity index (χ2v) is 6.16. The number of aromatic nitrogens is 2. The predicted octanol–water partition coefficient (Wildman–Crippen LogP) is 4.11. The van der Waals surface area contributed by atoms with Gasteiger partial charge >= 0.3 is 0 Å². The van der Waals surface area contributed by atoms with Crippen LogP contribution in [-0.4, -0.2) is 17.0 Å². The van der Waals surface area contributed by atoms with E-state index in [9.17, 15) is 4.39 Å². The van der Waals surface area contributed by atoms with Gasteiger partial charge in [-0.3, -0.25) is 0 Å². The van der Waals surface area contributed by atoms with Gasteiger partial charge in [0.1, 0.15) is 11.6 Å². The van der Waals surface area contributed by atoms with E-state index < -0.39 is 0 Å². The molecule has 2 aromatic rings. The van der Waals surface area contributed by atoms with Gasteiger partial charge in [0.2, 0.25) is 0 Å². The topological polar surface area (TPSA) is 37.8 Å². The molecule has 0 radical (unpaired) electrons. The summed E-state index contributed by atoms with van der Waals surface area (Å²) in [5.41, 5.74) is 2.44. The Bertz CT molecular complexity index is 668. The molecule has 1 aromatic heterocycles. The first-order valence-corrected chi connectivity index (χ1v) is 7.69. The van der Waals surface area contributed by atoms with Gasteiger partial charge in [0.15, 0.2) is 5.82 Å². The van der Waals surface area contributed by atoms with Gasteiger partial charge in [-0.05, 0) is 54.0 Å². The van der Waals surface area contributed by atoms with Crippen molar-refractivity contribution in [2.24, 2.45) is 0 Å². The van der Waals surface area contributed by atoms with E-state index in [4.69, 9.17) is 0 Å². The molecule has 0 unspecified atom stereocenters. The Morgan fingerprint density at radius 2 is 2.05 bits per heavy atom. The highest BCUT2D eigenvalue weighted by Crippen LogP contribution is 2.42. The zero-order valence-corrected chi connectivity index (χ0v) is 13.5. The minimum absolute atomic E-state index is 0.219. The highest BCUT2D eigenvalue weighted by molar-refractivity contribution is 14.1. The lowest BCUT2D eigenvalue weighted by atomic mass is 10.1. The SMILES string of the molecule is CNc1nc(-c2ccc(C)c(F)c2)nc(C2CC2)c1I. The molecule has 3 nitrogen and oxygen atoms in total. The molecule has 0 aliphatic heterocycles. The lowest BCUT2D eigenvalue weighted by molar-refractivity contribution is 0.619. The highest BCUT2D eigenvalue weighted by atomic mass is 127. The van der Waals surface area contributed by atoms with E-state index in [-0.39, 0.29) is 5.82 Å².